The zero-order valence-electron chi connectivity index (χ0n) is 22.0. The fourth-order valence-electron chi connectivity index (χ4n) is 5.72. The van der Waals surface area contributed by atoms with Crippen LogP contribution in [0.4, 0.5) is 13.2 Å². The van der Waals surface area contributed by atoms with Gasteiger partial charge in [-0.3, -0.25) is 9.59 Å². The minimum atomic E-state index is -4.42. The second-order valence-electron chi connectivity index (χ2n) is 10.6. The number of amides is 2. The van der Waals surface area contributed by atoms with E-state index >= 15 is 0 Å². The summed E-state index contributed by atoms with van der Waals surface area (Å²) in [6.07, 6.45) is -1.74. The van der Waals surface area contributed by atoms with Crippen molar-refractivity contribution in [2.24, 2.45) is 7.05 Å². The molecule has 206 valence electrons. The topological polar surface area (TPSA) is 57.6 Å². The Kier molecular flexibility index (Phi) is 6.62. The zero-order chi connectivity index (χ0) is 28.0. The maximum Gasteiger partial charge on any atom is 0.416 e. The number of fused-ring (bicyclic) bond motifs is 1. The average Bonchev–Trinajstić information content (AvgIpc) is 3.54. The van der Waals surface area contributed by atoms with Crippen molar-refractivity contribution in [3.8, 4) is 11.1 Å². The molecule has 4 aromatic rings. The second-order valence-corrected chi connectivity index (χ2v) is 10.6. The molecule has 1 atom stereocenters. The molecule has 2 aliphatic heterocycles. The molecule has 0 saturated carbocycles. The Hall–Kier alpha value is -4.11. The van der Waals surface area contributed by atoms with Gasteiger partial charge in [0.2, 0.25) is 0 Å². The number of rotatable bonds is 5. The van der Waals surface area contributed by atoms with Crippen molar-refractivity contribution >= 4 is 22.7 Å². The van der Waals surface area contributed by atoms with E-state index in [0.29, 0.717) is 48.4 Å². The van der Waals surface area contributed by atoms with Crippen LogP contribution < -0.4 is 5.32 Å². The Morgan fingerprint density at radius 1 is 0.825 bits per heavy atom. The van der Waals surface area contributed by atoms with Crippen LogP contribution in [0.3, 0.4) is 0 Å². The van der Waals surface area contributed by atoms with Gasteiger partial charge in [0.25, 0.3) is 11.8 Å². The molecule has 0 radical (unpaired) electrons. The summed E-state index contributed by atoms with van der Waals surface area (Å²) in [5.41, 5.74) is 2.49. The minimum Gasteiger partial charge on any atom is -0.350 e. The Balaban J connectivity index is 1.08. The van der Waals surface area contributed by atoms with E-state index in [1.165, 1.54) is 6.07 Å². The highest BCUT2D eigenvalue weighted by molar-refractivity contribution is 6.02. The molecule has 1 N–H and O–H groups in total. The summed E-state index contributed by atoms with van der Waals surface area (Å²) >= 11 is 0. The molecule has 0 spiro atoms. The molecule has 2 amide bonds. The number of hydrogen-bond donors (Lipinski definition) is 1. The fourth-order valence-corrected chi connectivity index (χ4v) is 5.72. The number of carbonyl (C=O) groups excluding carboxylic acids is 2. The maximum atomic E-state index is 13.2. The van der Waals surface area contributed by atoms with Crippen molar-refractivity contribution in [2.75, 3.05) is 26.2 Å². The van der Waals surface area contributed by atoms with E-state index in [9.17, 15) is 22.8 Å². The van der Waals surface area contributed by atoms with E-state index in [1.807, 2.05) is 52.9 Å². The number of carbonyl (C=O) groups is 2. The molecule has 6 nitrogen and oxygen atoms in total. The largest absolute Gasteiger partial charge is 0.416 e. The van der Waals surface area contributed by atoms with E-state index in [-0.39, 0.29) is 23.9 Å². The molecule has 2 saturated heterocycles. The van der Waals surface area contributed by atoms with Gasteiger partial charge >= 0.3 is 6.18 Å². The molecular formula is C31H29F3N4O2. The third kappa shape index (κ3) is 4.97. The normalized spacial score (nSPS) is 17.9. The molecule has 40 heavy (non-hydrogen) atoms. The summed E-state index contributed by atoms with van der Waals surface area (Å²) in [6.45, 7) is 2.53. The number of halogens is 3. The van der Waals surface area contributed by atoms with Crippen molar-refractivity contribution in [3.05, 3.63) is 95.7 Å². The second kappa shape index (κ2) is 10.1. The third-order valence-corrected chi connectivity index (χ3v) is 7.87. The summed E-state index contributed by atoms with van der Waals surface area (Å²) in [7, 11) is 1.82. The van der Waals surface area contributed by atoms with Crippen LogP contribution in [0.1, 0.15) is 32.7 Å². The van der Waals surface area contributed by atoms with E-state index in [0.717, 1.165) is 29.5 Å². The van der Waals surface area contributed by atoms with Gasteiger partial charge in [-0.1, -0.05) is 36.4 Å². The highest BCUT2D eigenvalue weighted by Crippen LogP contribution is 2.35. The van der Waals surface area contributed by atoms with Gasteiger partial charge in [-0.25, -0.2) is 0 Å². The molecular weight excluding hydrogens is 517 g/mol. The van der Waals surface area contributed by atoms with E-state index < -0.39 is 11.7 Å². The lowest BCUT2D eigenvalue weighted by Crippen LogP contribution is -2.62. The Bertz CT molecular complexity index is 1570. The van der Waals surface area contributed by atoms with Gasteiger partial charge in [0.1, 0.15) is 0 Å². The van der Waals surface area contributed by atoms with Crippen LogP contribution >= 0.6 is 0 Å². The Morgan fingerprint density at radius 2 is 1.55 bits per heavy atom. The van der Waals surface area contributed by atoms with Crippen LogP contribution in [-0.4, -0.2) is 64.4 Å². The van der Waals surface area contributed by atoms with Crippen molar-refractivity contribution < 1.29 is 22.8 Å². The monoisotopic (exact) mass is 546 g/mol. The van der Waals surface area contributed by atoms with Gasteiger partial charge in [-0.2, -0.15) is 13.2 Å². The number of likely N-dealkylation sites (tertiary alicyclic amines) is 2. The minimum absolute atomic E-state index is 0.0441. The SMILES string of the molecule is Cn1cc(-c2cccc(C(F)(F)F)c2)c2ccc(C(=O)N3CC(N[C@H]4CCN(C(=O)c5ccccc5)C4)C3)cc21. The zero-order valence-corrected chi connectivity index (χ0v) is 22.0. The number of nitrogens with one attached hydrogen (secondary N) is 1. The van der Waals surface area contributed by atoms with E-state index in [4.69, 9.17) is 0 Å². The first-order chi connectivity index (χ1) is 19.2. The lowest BCUT2D eigenvalue weighted by atomic mass is 10.0. The van der Waals surface area contributed by atoms with E-state index in [2.05, 4.69) is 5.32 Å². The third-order valence-electron chi connectivity index (χ3n) is 7.87. The molecule has 2 fully saturated rings. The summed E-state index contributed by atoms with van der Waals surface area (Å²) in [5.74, 6) is -0.0309. The summed E-state index contributed by atoms with van der Waals surface area (Å²) in [4.78, 5) is 29.6. The first kappa shape index (κ1) is 26.1. The number of aromatic nitrogens is 1. The number of nitrogens with zero attached hydrogens (tertiary/aromatic N) is 3. The molecule has 3 heterocycles. The van der Waals surface area contributed by atoms with Crippen LogP contribution in [-0.2, 0) is 13.2 Å². The first-order valence-electron chi connectivity index (χ1n) is 13.3. The van der Waals surface area contributed by atoms with Crippen LogP contribution in [0.25, 0.3) is 22.0 Å². The quantitative estimate of drug-likeness (QED) is 0.375. The molecule has 1 aromatic heterocycles. The summed E-state index contributed by atoms with van der Waals surface area (Å²) in [5, 5.41) is 4.38. The van der Waals surface area contributed by atoms with Crippen molar-refractivity contribution in [3.63, 3.8) is 0 Å². The van der Waals surface area contributed by atoms with Crippen molar-refractivity contribution in [2.45, 2.75) is 24.7 Å². The molecule has 9 heteroatoms. The van der Waals surface area contributed by atoms with Crippen LogP contribution in [0.2, 0.25) is 0 Å². The maximum absolute atomic E-state index is 13.2. The highest BCUT2D eigenvalue weighted by Gasteiger charge is 2.35. The molecule has 2 aliphatic rings. The van der Waals surface area contributed by atoms with E-state index in [1.54, 1.807) is 29.3 Å². The Labute approximate surface area is 230 Å². The molecule has 0 aliphatic carbocycles. The van der Waals surface area contributed by atoms with Crippen molar-refractivity contribution in [1.82, 2.24) is 19.7 Å². The summed E-state index contributed by atoms with van der Waals surface area (Å²) in [6, 6.07) is 20.3. The standard InChI is InChI=1S/C31H29F3N4O2/c1-36-19-27(21-8-5-9-23(14-21)31(32,33)34)26-11-10-22(15-28(26)36)30(40)38-17-25(18-38)35-24-12-13-37(16-24)29(39)20-6-3-2-4-7-20/h2-11,14-15,19,24-25,35H,12-13,16-18H2,1H3/t24-/m0/s1. The number of aryl methyl sites for hydroxylation is 1. The predicted octanol–water partition coefficient (Wildman–Crippen LogP) is 5.19. The lowest BCUT2D eigenvalue weighted by Gasteiger charge is -2.41. The van der Waals surface area contributed by atoms with Crippen LogP contribution in [0.15, 0.2) is 79.0 Å². The Morgan fingerprint density at radius 3 is 2.30 bits per heavy atom. The van der Waals surface area contributed by atoms with Gasteiger partial charge in [0, 0.05) is 79.1 Å². The molecule has 6 rings (SSSR count). The predicted molar refractivity (Wildman–Crippen MR) is 147 cm³/mol. The van der Waals surface area contributed by atoms with Gasteiger partial charge in [0.05, 0.1) is 5.56 Å². The average molecular weight is 547 g/mol. The number of hydrogen-bond acceptors (Lipinski definition) is 3. The number of alkyl halides is 3. The van der Waals surface area contributed by atoms with Gasteiger partial charge in [0.15, 0.2) is 0 Å². The van der Waals surface area contributed by atoms with Gasteiger partial charge in [-0.05, 0) is 48.4 Å². The van der Waals surface area contributed by atoms with Gasteiger partial charge in [-0.15, -0.1) is 0 Å². The lowest BCUT2D eigenvalue weighted by molar-refractivity contribution is -0.137. The number of benzene rings is 3. The van der Waals surface area contributed by atoms with Crippen molar-refractivity contribution in [1.29, 1.82) is 0 Å². The molecule has 3 aromatic carbocycles. The molecule has 0 bridgehead atoms. The highest BCUT2D eigenvalue weighted by atomic mass is 19.4. The van der Waals surface area contributed by atoms with Crippen LogP contribution in [0.5, 0.6) is 0 Å². The van der Waals surface area contributed by atoms with Gasteiger partial charge < -0.3 is 19.7 Å². The first-order valence-corrected chi connectivity index (χ1v) is 13.3. The fraction of sp³-hybridized carbons (Fsp3) is 0.290. The molecule has 0 unspecified atom stereocenters. The van der Waals surface area contributed by atoms with Crippen LogP contribution in [0, 0.1) is 0 Å². The smallest absolute Gasteiger partial charge is 0.350 e. The summed E-state index contributed by atoms with van der Waals surface area (Å²) < 4.78 is 41.6.